The highest BCUT2D eigenvalue weighted by molar-refractivity contribution is 6.30. The standard InChI is InChI=1S/C17H20ClN3O7/c1-3-26-16(24)20-14(22)13(15(23)21-17(25)27-4-2)9-19-28-10-11-5-7-12(18)8-6-11/h5-9,13H,3-4,10H2,1-2H3,(H,20,22,24)(H,21,23,25)/b19-9+. The van der Waals surface area contributed by atoms with E-state index in [1.807, 2.05) is 10.6 Å². The highest BCUT2D eigenvalue weighted by atomic mass is 35.5. The average Bonchev–Trinajstić information content (AvgIpc) is 2.63. The molecule has 0 aliphatic heterocycles. The Balaban J connectivity index is 2.75. The molecular weight excluding hydrogens is 394 g/mol. The first-order valence-electron chi connectivity index (χ1n) is 8.22. The van der Waals surface area contributed by atoms with Gasteiger partial charge >= 0.3 is 12.2 Å². The molecule has 0 aromatic heterocycles. The van der Waals surface area contributed by atoms with Crippen molar-refractivity contribution in [2.24, 2.45) is 11.1 Å². The minimum absolute atomic E-state index is 0.0249. The zero-order valence-electron chi connectivity index (χ0n) is 15.3. The smallest absolute Gasteiger partial charge is 0.413 e. The number of oxime groups is 1. The molecule has 0 saturated carbocycles. The zero-order chi connectivity index (χ0) is 20.9. The maximum atomic E-state index is 12.1. The van der Waals surface area contributed by atoms with E-state index < -0.39 is 29.9 Å². The molecule has 0 unspecified atom stereocenters. The predicted molar refractivity (Wildman–Crippen MR) is 98.6 cm³/mol. The quantitative estimate of drug-likeness (QED) is 0.378. The van der Waals surface area contributed by atoms with Gasteiger partial charge in [-0.05, 0) is 31.5 Å². The number of alkyl carbamates (subject to hydrolysis) is 2. The molecule has 0 saturated heterocycles. The molecule has 0 spiro atoms. The number of halogens is 1. The van der Waals surface area contributed by atoms with Crippen molar-refractivity contribution in [3.8, 4) is 0 Å². The van der Waals surface area contributed by atoms with E-state index >= 15 is 0 Å². The molecule has 0 radical (unpaired) electrons. The SMILES string of the molecule is CCOC(=O)NC(=O)C(/C=N/OCc1ccc(Cl)cc1)C(=O)NC(=O)OCC. The van der Waals surface area contributed by atoms with Crippen LogP contribution in [0.1, 0.15) is 19.4 Å². The normalized spacial score (nSPS) is 10.4. The summed E-state index contributed by atoms with van der Waals surface area (Å²) in [5.74, 6) is -3.75. The lowest BCUT2D eigenvalue weighted by molar-refractivity contribution is -0.131. The molecule has 10 nitrogen and oxygen atoms in total. The topological polar surface area (TPSA) is 132 Å². The zero-order valence-corrected chi connectivity index (χ0v) is 16.0. The average molecular weight is 414 g/mol. The van der Waals surface area contributed by atoms with E-state index in [4.69, 9.17) is 16.4 Å². The molecule has 4 amide bonds. The van der Waals surface area contributed by atoms with Crippen LogP contribution in [0.25, 0.3) is 0 Å². The summed E-state index contributed by atoms with van der Waals surface area (Å²) in [4.78, 5) is 52.0. The van der Waals surface area contributed by atoms with E-state index in [1.165, 1.54) is 0 Å². The molecule has 1 aromatic rings. The van der Waals surface area contributed by atoms with Crippen molar-refractivity contribution in [2.75, 3.05) is 13.2 Å². The number of amides is 4. The fourth-order valence-corrected chi connectivity index (χ4v) is 1.87. The van der Waals surface area contributed by atoms with Gasteiger partial charge < -0.3 is 14.3 Å². The number of imide groups is 2. The van der Waals surface area contributed by atoms with Crippen molar-refractivity contribution < 1.29 is 33.5 Å². The number of benzene rings is 1. The van der Waals surface area contributed by atoms with Crippen LogP contribution in [0.4, 0.5) is 9.59 Å². The third-order valence-electron chi connectivity index (χ3n) is 3.00. The molecular formula is C17H20ClN3O7. The lowest BCUT2D eigenvalue weighted by Gasteiger charge is -2.11. The third-order valence-corrected chi connectivity index (χ3v) is 3.25. The molecule has 0 aliphatic rings. The van der Waals surface area contributed by atoms with E-state index in [0.717, 1.165) is 11.8 Å². The second-order valence-corrected chi connectivity index (χ2v) is 5.49. The Morgan fingerprint density at radius 3 is 1.96 bits per heavy atom. The second-order valence-electron chi connectivity index (χ2n) is 5.05. The van der Waals surface area contributed by atoms with Gasteiger partial charge in [0.05, 0.1) is 19.4 Å². The molecule has 1 aromatic carbocycles. The molecule has 0 atom stereocenters. The van der Waals surface area contributed by atoms with Gasteiger partial charge in [-0.25, -0.2) is 9.59 Å². The molecule has 0 bridgehead atoms. The summed E-state index contributed by atoms with van der Waals surface area (Å²) in [7, 11) is 0. The van der Waals surface area contributed by atoms with Crippen molar-refractivity contribution >= 4 is 41.8 Å². The Bertz CT molecular complexity index is 690. The lowest BCUT2D eigenvalue weighted by atomic mass is 10.1. The first-order chi connectivity index (χ1) is 13.4. The van der Waals surface area contributed by atoms with Gasteiger partial charge in [0, 0.05) is 5.02 Å². The molecule has 152 valence electrons. The Morgan fingerprint density at radius 1 is 1.00 bits per heavy atom. The van der Waals surface area contributed by atoms with Crippen LogP contribution in [0.15, 0.2) is 29.4 Å². The fourth-order valence-electron chi connectivity index (χ4n) is 1.74. The molecule has 1 rings (SSSR count). The second kappa shape index (κ2) is 12.3. The summed E-state index contributed by atoms with van der Waals surface area (Å²) in [6.07, 6.45) is -1.24. The van der Waals surface area contributed by atoms with Gasteiger partial charge in [0.15, 0.2) is 5.92 Å². The highest BCUT2D eigenvalue weighted by Gasteiger charge is 2.29. The van der Waals surface area contributed by atoms with Crippen LogP contribution in [0.2, 0.25) is 5.02 Å². The third kappa shape index (κ3) is 8.49. The number of carbonyl (C=O) groups excluding carboxylic acids is 4. The van der Waals surface area contributed by atoms with E-state index in [1.54, 1.807) is 38.1 Å². The Morgan fingerprint density at radius 2 is 1.50 bits per heavy atom. The van der Waals surface area contributed by atoms with Crippen LogP contribution < -0.4 is 10.6 Å². The highest BCUT2D eigenvalue weighted by Crippen LogP contribution is 2.10. The van der Waals surface area contributed by atoms with E-state index in [2.05, 4.69) is 14.6 Å². The van der Waals surface area contributed by atoms with E-state index in [0.29, 0.717) is 5.02 Å². The van der Waals surface area contributed by atoms with Crippen LogP contribution in [0.3, 0.4) is 0 Å². The van der Waals surface area contributed by atoms with Crippen molar-refractivity contribution in [1.82, 2.24) is 10.6 Å². The minimum atomic E-state index is -1.64. The fraction of sp³-hybridized carbons (Fsp3) is 0.353. The predicted octanol–water partition coefficient (Wildman–Crippen LogP) is 2.00. The summed E-state index contributed by atoms with van der Waals surface area (Å²) >= 11 is 5.78. The van der Waals surface area contributed by atoms with Gasteiger partial charge in [-0.2, -0.15) is 0 Å². The van der Waals surface area contributed by atoms with Gasteiger partial charge in [0.1, 0.15) is 6.61 Å². The minimum Gasteiger partial charge on any atom is -0.450 e. The molecule has 0 fully saturated rings. The number of nitrogens with zero attached hydrogens (tertiary/aromatic N) is 1. The van der Waals surface area contributed by atoms with Crippen LogP contribution in [0.5, 0.6) is 0 Å². The summed E-state index contributed by atoms with van der Waals surface area (Å²) in [6.45, 7) is 3.18. The van der Waals surface area contributed by atoms with Gasteiger partial charge in [-0.15, -0.1) is 0 Å². The Labute approximate surface area is 166 Å². The van der Waals surface area contributed by atoms with Gasteiger partial charge in [-0.1, -0.05) is 28.9 Å². The summed E-state index contributed by atoms with van der Waals surface area (Å²) in [5.41, 5.74) is 0.741. The largest absolute Gasteiger partial charge is 0.450 e. The number of carbonyl (C=O) groups is 4. The number of hydrogen-bond acceptors (Lipinski definition) is 8. The van der Waals surface area contributed by atoms with Crippen LogP contribution in [0, 0.1) is 5.92 Å². The van der Waals surface area contributed by atoms with Crippen molar-refractivity contribution in [1.29, 1.82) is 0 Å². The van der Waals surface area contributed by atoms with Crippen molar-refractivity contribution in [3.63, 3.8) is 0 Å². The molecule has 0 aliphatic carbocycles. The molecule has 11 heteroatoms. The lowest BCUT2D eigenvalue weighted by Crippen LogP contribution is -2.46. The van der Waals surface area contributed by atoms with Gasteiger partial charge in [0.2, 0.25) is 11.8 Å². The number of hydrogen-bond donors (Lipinski definition) is 2. The van der Waals surface area contributed by atoms with Crippen LogP contribution >= 0.6 is 11.6 Å². The maximum Gasteiger partial charge on any atom is 0.413 e. The molecule has 2 N–H and O–H groups in total. The number of nitrogens with one attached hydrogen (secondary N) is 2. The Hall–Kier alpha value is -3.14. The van der Waals surface area contributed by atoms with Crippen LogP contribution in [-0.4, -0.2) is 43.4 Å². The summed E-state index contributed by atoms with van der Waals surface area (Å²) in [6, 6.07) is 6.73. The van der Waals surface area contributed by atoms with Crippen LogP contribution in [-0.2, 0) is 30.5 Å². The monoisotopic (exact) mass is 413 g/mol. The summed E-state index contributed by atoms with van der Waals surface area (Å²) < 4.78 is 9.15. The first kappa shape index (κ1) is 22.9. The first-order valence-corrected chi connectivity index (χ1v) is 8.60. The number of rotatable bonds is 8. The maximum absolute atomic E-state index is 12.1. The summed E-state index contributed by atoms with van der Waals surface area (Å²) in [5, 5.41) is 7.82. The van der Waals surface area contributed by atoms with Gasteiger partial charge in [-0.3, -0.25) is 20.2 Å². The van der Waals surface area contributed by atoms with E-state index in [9.17, 15) is 19.2 Å². The Kier molecular flexibility index (Phi) is 10.0. The van der Waals surface area contributed by atoms with Gasteiger partial charge in [0.25, 0.3) is 0 Å². The van der Waals surface area contributed by atoms with Crippen molar-refractivity contribution in [2.45, 2.75) is 20.5 Å². The number of ether oxygens (including phenoxy) is 2. The van der Waals surface area contributed by atoms with Crippen molar-refractivity contribution in [3.05, 3.63) is 34.9 Å². The van der Waals surface area contributed by atoms with E-state index in [-0.39, 0.29) is 19.8 Å². The molecule has 0 heterocycles. The molecule has 28 heavy (non-hydrogen) atoms.